The zero-order chi connectivity index (χ0) is 21.3. The van der Waals surface area contributed by atoms with Gasteiger partial charge in [0, 0.05) is 12.7 Å². The Morgan fingerprint density at radius 2 is 1.73 bits per heavy atom. The van der Waals surface area contributed by atoms with Gasteiger partial charge in [-0.15, -0.1) is 0 Å². The monoisotopic (exact) mass is 406 g/mol. The van der Waals surface area contributed by atoms with Crippen LogP contribution in [0.4, 0.5) is 4.79 Å². The lowest BCUT2D eigenvalue weighted by Crippen LogP contribution is -2.49. The molecule has 0 aliphatic heterocycles. The van der Waals surface area contributed by atoms with Crippen LogP contribution in [0.25, 0.3) is 11.3 Å². The minimum atomic E-state index is -0.683. The normalized spacial score (nSPS) is 11.7. The van der Waals surface area contributed by atoms with Gasteiger partial charge in [-0.1, -0.05) is 68.4 Å². The molecule has 0 aliphatic rings. The molecule has 0 saturated carbocycles. The van der Waals surface area contributed by atoms with Crippen molar-refractivity contribution in [3.8, 4) is 11.3 Å². The SMILES string of the molecule is CC(C)[C@H](NC(=O)OCc1ccccc1)C(=O)NCc1ccc(-c2ccn[nH]2)cc1. The van der Waals surface area contributed by atoms with Crippen LogP contribution >= 0.6 is 0 Å². The van der Waals surface area contributed by atoms with Crippen molar-refractivity contribution in [3.05, 3.63) is 78.0 Å². The van der Waals surface area contributed by atoms with E-state index in [-0.39, 0.29) is 18.4 Å². The molecule has 1 atom stereocenters. The number of rotatable bonds is 8. The van der Waals surface area contributed by atoms with Gasteiger partial charge in [0.1, 0.15) is 12.6 Å². The number of alkyl carbamates (subject to hydrolysis) is 1. The van der Waals surface area contributed by atoms with Crippen LogP contribution in [0.3, 0.4) is 0 Å². The Morgan fingerprint density at radius 1 is 1.00 bits per heavy atom. The molecule has 1 aromatic heterocycles. The second kappa shape index (κ2) is 10.2. The average molecular weight is 406 g/mol. The summed E-state index contributed by atoms with van der Waals surface area (Å²) in [4.78, 5) is 24.8. The number of ether oxygens (including phenoxy) is 1. The van der Waals surface area contributed by atoms with Crippen molar-refractivity contribution in [1.29, 1.82) is 0 Å². The van der Waals surface area contributed by atoms with E-state index in [0.717, 1.165) is 22.4 Å². The van der Waals surface area contributed by atoms with Gasteiger partial charge in [-0.3, -0.25) is 9.89 Å². The first kappa shape index (κ1) is 21.1. The molecule has 1 heterocycles. The smallest absolute Gasteiger partial charge is 0.408 e. The van der Waals surface area contributed by atoms with Gasteiger partial charge in [-0.2, -0.15) is 5.10 Å². The first-order valence-electron chi connectivity index (χ1n) is 9.86. The van der Waals surface area contributed by atoms with Crippen molar-refractivity contribution in [2.75, 3.05) is 0 Å². The van der Waals surface area contributed by atoms with Crippen molar-refractivity contribution >= 4 is 12.0 Å². The summed E-state index contributed by atoms with van der Waals surface area (Å²) >= 11 is 0. The first-order valence-corrected chi connectivity index (χ1v) is 9.86. The Balaban J connectivity index is 1.50. The summed E-state index contributed by atoms with van der Waals surface area (Å²) in [5.41, 5.74) is 3.80. The Bertz CT molecular complexity index is 938. The summed E-state index contributed by atoms with van der Waals surface area (Å²) in [6, 6.07) is 18.4. The predicted octanol–water partition coefficient (Wildman–Crippen LogP) is 3.64. The maximum atomic E-state index is 12.6. The molecule has 156 valence electrons. The highest BCUT2D eigenvalue weighted by Crippen LogP contribution is 2.16. The molecule has 7 nitrogen and oxygen atoms in total. The number of amides is 2. The highest BCUT2D eigenvalue weighted by molar-refractivity contribution is 5.85. The third kappa shape index (κ3) is 5.94. The lowest BCUT2D eigenvalue weighted by atomic mass is 10.0. The molecule has 3 N–H and O–H groups in total. The maximum Gasteiger partial charge on any atom is 0.408 e. The van der Waals surface area contributed by atoms with E-state index >= 15 is 0 Å². The van der Waals surface area contributed by atoms with E-state index in [2.05, 4.69) is 20.8 Å². The predicted molar refractivity (Wildman–Crippen MR) is 114 cm³/mol. The van der Waals surface area contributed by atoms with Crippen LogP contribution in [0, 0.1) is 5.92 Å². The van der Waals surface area contributed by atoms with Gasteiger partial charge in [0.25, 0.3) is 0 Å². The number of hydrogen-bond donors (Lipinski definition) is 3. The summed E-state index contributed by atoms with van der Waals surface area (Å²) in [5, 5.41) is 12.4. The number of nitrogens with zero attached hydrogens (tertiary/aromatic N) is 1. The minimum Gasteiger partial charge on any atom is -0.445 e. The number of carbonyl (C=O) groups excluding carboxylic acids is 2. The first-order chi connectivity index (χ1) is 14.5. The molecule has 0 spiro atoms. The number of benzene rings is 2. The molecular weight excluding hydrogens is 380 g/mol. The third-order valence-corrected chi connectivity index (χ3v) is 4.67. The number of H-pyrrole nitrogens is 1. The zero-order valence-corrected chi connectivity index (χ0v) is 17.1. The number of aromatic amines is 1. The van der Waals surface area contributed by atoms with Gasteiger partial charge >= 0.3 is 6.09 Å². The fourth-order valence-corrected chi connectivity index (χ4v) is 2.94. The number of nitrogens with one attached hydrogen (secondary N) is 3. The molecule has 30 heavy (non-hydrogen) atoms. The largest absolute Gasteiger partial charge is 0.445 e. The van der Waals surface area contributed by atoms with E-state index < -0.39 is 12.1 Å². The minimum absolute atomic E-state index is 0.0861. The highest BCUT2D eigenvalue weighted by Gasteiger charge is 2.24. The van der Waals surface area contributed by atoms with Gasteiger partial charge in [-0.05, 0) is 28.7 Å². The molecule has 2 aromatic carbocycles. The van der Waals surface area contributed by atoms with Crippen molar-refractivity contribution in [1.82, 2.24) is 20.8 Å². The van der Waals surface area contributed by atoms with E-state index in [9.17, 15) is 9.59 Å². The summed E-state index contributed by atoms with van der Waals surface area (Å²) in [5.74, 6) is -0.337. The van der Waals surface area contributed by atoms with Crippen LogP contribution in [-0.2, 0) is 22.7 Å². The van der Waals surface area contributed by atoms with Crippen LogP contribution < -0.4 is 10.6 Å². The van der Waals surface area contributed by atoms with Crippen LogP contribution in [0.2, 0.25) is 0 Å². The van der Waals surface area contributed by atoms with Gasteiger partial charge in [-0.25, -0.2) is 4.79 Å². The van der Waals surface area contributed by atoms with Crippen molar-refractivity contribution in [2.24, 2.45) is 5.92 Å². The third-order valence-electron chi connectivity index (χ3n) is 4.67. The summed E-state index contributed by atoms with van der Waals surface area (Å²) in [6.07, 6.45) is 1.09. The summed E-state index contributed by atoms with van der Waals surface area (Å²) in [6.45, 7) is 4.27. The van der Waals surface area contributed by atoms with Gasteiger partial charge in [0.15, 0.2) is 0 Å². The summed E-state index contributed by atoms with van der Waals surface area (Å²) in [7, 11) is 0. The van der Waals surface area contributed by atoms with Crippen molar-refractivity contribution in [3.63, 3.8) is 0 Å². The molecule has 0 radical (unpaired) electrons. The van der Waals surface area contributed by atoms with Crippen molar-refractivity contribution < 1.29 is 14.3 Å². The summed E-state index contributed by atoms with van der Waals surface area (Å²) < 4.78 is 5.23. The lowest BCUT2D eigenvalue weighted by molar-refractivity contribution is -0.124. The highest BCUT2D eigenvalue weighted by atomic mass is 16.5. The number of carbonyl (C=O) groups is 2. The Hall–Kier alpha value is -3.61. The van der Waals surface area contributed by atoms with Crippen LogP contribution in [0.15, 0.2) is 66.9 Å². The second-order valence-electron chi connectivity index (χ2n) is 7.31. The Morgan fingerprint density at radius 3 is 2.37 bits per heavy atom. The standard InChI is InChI=1S/C23H26N4O3/c1-16(2)21(26-23(29)30-15-18-6-4-3-5-7-18)22(28)24-14-17-8-10-19(11-9-17)20-12-13-25-27-20/h3-13,16,21H,14-15H2,1-2H3,(H,24,28)(H,25,27)(H,26,29)/t21-/m0/s1. The molecule has 0 saturated heterocycles. The fourth-order valence-electron chi connectivity index (χ4n) is 2.94. The quantitative estimate of drug-likeness (QED) is 0.532. The average Bonchev–Trinajstić information content (AvgIpc) is 3.30. The Kier molecular flexibility index (Phi) is 7.21. The maximum absolute atomic E-state index is 12.6. The molecule has 2 amide bonds. The van der Waals surface area contributed by atoms with E-state index in [4.69, 9.17) is 4.74 Å². The zero-order valence-electron chi connectivity index (χ0n) is 17.1. The second-order valence-corrected chi connectivity index (χ2v) is 7.31. The van der Waals surface area contributed by atoms with Gasteiger partial charge in [0.2, 0.25) is 5.91 Å². The van der Waals surface area contributed by atoms with Crippen LogP contribution in [0.5, 0.6) is 0 Å². The van der Waals surface area contributed by atoms with E-state index in [0.29, 0.717) is 6.54 Å². The molecule has 7 heteroatoms. The molecule has 3 rings (SSSR count). The fraction of sp³-hybridized carbons (Fsp3) is 0.261. The number of hydrogen-bond acceptors (Lipinski definition) is 4. The van der Waals surface area contributed by atoms with Gasteiger partial charge in [0.05, 0.1) is 5.69 Å². The molecule has 3 aromatic rings. The molecular formula is C23H26N4O3. The van der Waals surface area contributed by atoms with Gasteiger partial charge < -0.3 is 15.4 Å². The van der Waals surface area contributed by atoms with Crippen molar-refractivity contribution in [2.45, 2.75) is 33.0 Å². The molecule has 0 bridgehead atoms. The molecule has 0 aliphatic carbocycles. The van der Waals surface area contributed by atoms with E-state index in [1.807, 2.05) is 74.5 Å². The van der Waals surface area contributed by atoms with E-state index in [1.165, 1.54) is 0 Å². The Labute approximate surface area is 175 Å². The van der Waals surface area contributed by atoms with E-state index in [1.54, 1.807) is 6.20 Å². The lowest BCUT2D eigenvalue weighted by Gasteiger charge is -2.21. The van der Waals surface area contributed by atoms with Crippen LogP contribution in [-0.4, -0.2) is 28.2 Å². The molecule has 0 unspecified atom stereocenters. The van der Waals surface area contributed by atoms with Crippen LogP contribution in [0.1, 0.15) is 25.0 Å². The topological polar surface area (TPSA) is 96.1 Å². The molecule has 0 fully saturated rings. The number of aromatic nitrogens is 2.